The van der Waals surface area contributed by atoms with E-state index < -0.39 is 6.04 Å². The van der Waals surface area contributed by atoms with Crippen LogP contribution in [0.3, 0.4) is 0 Å². The van der Waals surface area contributed by atoms with Crippen LogP contribution in [0.5, 0.6) is 0 Å². The van der Waals surface area contributed by atoms with Gasteiger partial charge in [0.1, 0.15) is 6.04 Å². The SMILES string of the molecule is Cc1ccc(NC(=O)N2CCCC2C(=O)Nc2ccc(Cl)cc2)cc1. The number of urea groups is 1. The van der Waals surface area contributed by atoms with Crippen LogP contribution in [0.1, 0.15) is 18.4 Å². The van der Waals surface area contributed by atoms with Crippen LogP contribution in [-0.2, 0) is 4.79 Å². The fourth-order valence-electron chi connectivity index (χ4n) is 2.87. The molecule has 3 amide bonds. The van der Waals surface area contributed by atoms with Gasteiger partial charge in [-0.3, -0.25) is 4.79 Å². The second kappa shape index (κ2) is 7.57. The fourth-order valence-corrected chi connectivity index (χ4v) is 3.00. The Labute approximate surface area is 152 Å². The molecule has 1 atom stereocenters. The van der Waals surface area contributed by atoms with Crippen LogP contribution in [0.4, 0.5) is 16.2 Å². The average molecular weight is 358 g/mol. The molecule has 2 aromatic rings. The maximum absolute atomic E-state index is 12.5. The van der Waals surface area contributed by atoms with Gasteiger partial charge < -0.3 is 15.5 Å². The Bertz CT molecular complexity index is 694. The van der Waals surface area contributed by atoms with E-state index in [9.17, 15) is 9.59 Å². The molecule has 1 unspecified atom stereocenters. The number of carbonyl (C=O) groups excluding carboxylic acids is 2. The van der Waals surface area contributed by atoms with Crippen molar-refractivity contribution in [3.05, 3.63) is 59.1 Å². The molecular formula is C19H20ClN3O2. The number of hydrogen-bond acceptors (Lipinski definition) is 2. The maximum Gasteiger partial charge on any atom is 0.322 e. The Balaban J connectivity index is 1.64. The van der Waals surface area contributed by atoms with Crippen molar-refractivity contribution in [1.82, 2.24) is 4.90 Å². The standard InChI is InChI=1S/C19H20ClN3O2/c1-13-4-8-16(9-5-13)22-19(25)23-12-2-3-17(23)18(24)21-15-10-6-14(20)7-11-15/h4-11,17H,2-3,12H2,1H3,(H,21,24)(H,22,25). The third kappa shape index (κ3) is 4.31. The lowest BCUT2D eigenvalue weighted by atomic mass is 10.2. The number of carbonyl (C=O) groups is 2. The maximum atomic E-state index is 12.5. The number of rotatable bonds is 3. The van der Waals surface area contributed by atoms with E-state index in [4.69, 9.17) is 11.6 Å². The molecule has 2 aromatic carbocycles. The number of nitrogens with zero attached hydrogens (tertiary/aromatic N) is 1. The second-order valence-corrected chi connectivity index (χ2v) is 6.58. The summed E-state index contributed by atoms with van der Waals surface area (Å²) in [6, 6.07) is 13.8. The smallest absolute Gasteiger partial charge is 0.322 e. The molecule has 130 valence electrons. The summed E-state index contributed by atoms with van der Waals surface area (Å²) in [5, 5.41) is 6.31. The fraction of sp³-hybridized carbons (Fsp3) is 0.263. The highest BCUT2D eigenvalue weighted by Crippen LogP contribution is 2.21. The van der Waals surface area contributed by atoms with Gasteiger partial charge in [-0.2, -0.15) is 0 Å². The summed E-state index contributed by atoms with van der Waals surface area (Å²) >= 11 is 5.85. The van der Waals surface area contributed by atoms with Crippen LogP contribution < -0.4 is 10.6 Å². The van der Waals surface area contributed by atoms with Gasteiger partial charge in [0.15, 0.2) is 0 Å². The van der Waals surface area contributed by atoms with Gasteiger partial charge >= 0.3 is 6.03 Å². The van der Waals surface area contributed by atoms with E-state index in [2.05, 4.69) is 10.6 Å². The molecule has 1 saturated heterocycles. The molecule has 0 saturated carbocycles. The first-order chi connectivity index (χ1) is 12.0. The van der Waals surface area contributed by atoms with Gasteiger partial charge in [0.05, 0.1) is 0 Å². The van der Waals surface area contributed by atoms with Crippen LogP contribution in [-0.4, -0.2) is 29.4 Å². The molecule has 25 heavy (non-hydrogen) atoms. The number of benzene rings is 2. The lowest BCUT2D eigenvalue weighted by Crippen LogP contribution is -2.45. The molecule has 3 rings (SSSR count). The van der Waals surface area contributed by atoms with Gasteiger partial charge in [0.2, 0.25) is 5.91 Å². The number of anilines is 2. The third-order valence-electron chi connectivity index (χ3n) is 4.23. The molecule has 1 fully saturated rings. The molecule has 1 heterocycles. The molecule has 0 aromatic heterocycles. The van der Waals surface area contributed by atoms with E-state index in [1.807, 2.05) is 31.2 Å². The predicted molar refractivity (Wildman–Crippen MR) is 100 cm³/mol. The van der Waals surface area contributed by atoms with E-state index in [1.54, 1.807) is 29.2 Å². The molecule has 2 N–H and O–H groups in total. The quantitative estimate of drug-likeness (QED) is 0.861. The van der Waals surface area contributed by atoms with E-state index in [1.165, 1.54) is 0 Å². The normalized spacial score (nSPS) is 16.6. The number of likely N-dealkylation sites (tertiary alicyclic amines) is 1. The van der Waals surface area contributed by atoms with Gasteiger partial charge in [-0.05, 0) is 56.2 Å². The van der Waals surface area contributed by atoms with E-state index >= 15 is 0 Å². The monoisotopic (exact) mass is 357 g/mol. The summed E-state index contributed by atoms with van der Waals surface area (Å²) in [7, 11) is 0. The van der Waals surface area contributed by atoms with Crippen molar-refractivity contribution >= 4 is 34.9 Å². The molecular weight excluding hydrogens is 338 g/mol. The van der Waals surface area contributed by atoms with Crippen molar-refractivity contribution in [2.75, 3.05) is 17.2 Å². The Kier molecular flexibility index (Phi) is 5.24. The highest BCUT2D eigenvalue weighted by molar-refractivity contribution is 6.30. The van der Waals surface area contributed by atoms with Crippen molar-refractivity contribution in [1.29, 1.82) is 0 Å². The van der Waals surface area contributed by atoms with Gasteiger partial charge in [0, 0.05) is 22.9 Å². The minimum Gasteiger partial charge on any atom is -0.324 e. The zero-order valence-corrected chi connectivity index (χ0v) is 14.7. The largest absolute Gasteiger partial charge is 0.324 e. The zero-order chi connectivity index (χ0) is 17.8. The first kappa shape index (κ1) is 17.3. The number of aryl methyl sites for hydroxylation is 1. The lowest BCUT2D eigenvalue weighted by molar-refractivity contribution is -0.119. The minimum atomic E-state index is -0.471. The summed E-state index contributed by atoms with van der Waals surface area (Å²) in [4.78, 5) is 26.7. The second-order valence-electron chi connectivity index (χ2n) is 6.14. The average Bonchev–Trinajstić information content (AvgIpc) is 3.09. The van der Waals surface area contributed by atoms with Crippen molar-refractivity contribution in [2.45, 2.75) is 25.8 Å². The van der Waals surface area contributed by atoms with Gasteiger partial charge in [-0.1, -0.05) is 29.3 Å². The van der Waals surface area contributed by atoms with Gasteiger partial charge in [0.25, 0.3) is 0 Å². The summed E-state index contributed by atoms with van der Waals surface area (Å²) in [6.45, 7) is 2.56. The van der Waals surface area contributed by atoms with E-state index in [0.29, 0.717) is 23.7 Å². The van der Waals surface area contributed by atoms with Gasteiger partial charge in [-0.25, -0.2) is 4.79 Å². The Hall–Kier alpha value is -2.53. The predicted octanol–water partition coefficient (Wildman–Crippen LogP) is 4.28. The van der Waals surface area contributed by atoms with Crippen molar-refractivity contribution in [3.63, 3.8) is 0 Å². The Morgan fingerprint density at radius 1 is 1.00 bits per heavy atom. The van der Waals surface area contributed by atoms with E-state index in [-0.39, 0.29) is 11.9 Å². The molecule has 5 nitrogen and oxygen atoms in total. The first-order valence-electron chi connectivity index (χ1n) is 8.23. The third-order valence-corrected chi connectivity index (χ3v) is 4.48. The van der Waals surface area contributed by atoms with Crippen molar-refractivity contribution in [2.24, 2.45) is 0 Å². The number of hydrogen-bond donors (Lipinski definition) is 2. The Morgan fingerprint density at radius 3 is 2.28 bits per heavy atom. The first-order valence-corrected chi connectivity index (χ1v) is 8.61. The number of amides is 3. The van der Waals surface area contributed by atoms with Crippen LogP contribution in [0.25, 0.3) is 0 Å². The van der Waals surface area contributed by atoms with Crippen LogP contribution in [0, 0.1) is 6.92 Å². The van der Waals surface area contributed by atoms with Crippen molar-refractivity contribution < 1.29 is 9.59 Å². The molecule has 0 aliphatic carbocycles. The van der Waals surface area contributed by atoms with Crippen LogP contribution in [0.15, 0.2) is 48.5 Å². The molecule has 6 heteroatoms. The summed E-state index contributed by atoms with van der Waals surface area (Å²) in [5.74, 6) is -0.182. The topological polar surface area (TPSA) is 61.4 Å². The number of nitrogens with one attached hydrogen (secondary N) is 2. The van der Waals surface area contributed by atoms with Crippen LogP contribution >= 0.6 is 11.6 Å². The summed E-state index contributed by atoms with van der Waals surface area (Å²) in [6.07, 6.45) is 1.46. The molecule has 1 aliphatic heterocycles. The summed E-state index contributed by atoms with van der Waals surface area (Å²) in [5.41, 5.74) is 2.51. The molecule has 0 bridgehead atoms. The molecule has 0 spiro atoms. The van der Waals surface area contributed by atoms with Crippen LogP contribution in [0.2, 0.25) is 5.02 Å². The number of halogens is 1. The highest BCUT2D eigenvalue weighted by atomic mass is 35.5. The van der Waals surface area contributed by atoms with Crippen molar-refractivity contribution in [3.8, 4) is 0 Å². The lowest BCUT2D eigenvalue weighted by Gasteiger charge is -2.24. The van der Waals surface area contributed by atoms with Gasteiger partial charge in [-0.15, -0.1) is 0 Å². The zero-order valence-electron chi connectivity index (χ0n) is 14.0. The van der Waals surface area contributed by atoms with E-state index in [0.717, 1.165) is 17.7 Å². The minimum absolute atomic E-state index is 0.182. The molecule has 0 radical (unpaired) electrons. The highest BCUT2D eigenvalue weighted by Gasteiger charge is 2.34. The Morgan fingerprint density at radius 2 is 1.60 bits per heavy atom. The summed E-state index contributed by atoms with van der Waals surface area (Å²) < 4.78 is 0. The molecule has 1 aliphatic rings.